The molecule has 2 aliphatic rings. The number of amides is 1. The van der Waals surface area contributed by atoms with Crippen molar-refractivity contribution in [1.29, 1.82) is 0 Å². The maximum atomic E-state index is 12.4. The normalized spacial score (nSPS) is 23.7. The van der Waals surface area contributed by atoms with E-state index in [1.54, 1.807) is 0 Å². The van der Waals surface area contributed by atoms with E-state index in [-0.39, 0.29) is 0 Å². The summed E-state index contributed by atoms with van der Waals surface area (Å²) in [6.07, 6.45) is 7.68. The zero-order chi connectivity index (χ0) is 15.4. The Balaban J connectivity index is 1.57. The molecule has 6 nitrogen and oxygen atoms in total. The van der Waals surface area contributed by atoms with Crippen LogP contribution in [0.25, 0.3) is 0 Å². The number of aryl methyl sites for hydroxylation is 1. The first kappa shape index (κ1) is 15.5. The van der Waals surface area contributed by atoms with Crippen molar-refractivity contribution in [2.45, 2.75) is 51.5 Å². The van der Waals surface area contributed by atoms with Gasteiger partial charge in [-0.3, -0.25) is 9.69 Å². The highest BCUT2D eigenvalue weighted by molar-refractivity contribution is 5.78. The van der Waals surface area contributed by atoms with Gasteiger partial charge in [-0.2, -0.15) is 0 Å². The molecule has 1 aromatic heterocycles. The van der Waals surface area contributed by atoms with Crippen LogP contribution in [0.1, 0.15) is 50.8 Å². The lowest BCUT2D eigenvalue weighted by Gasteiger charge is -2.34. The Morgan fingerprint density at radius 2 is 2.05 bits per heavy atom. The van der Waals surface area contributed by atoms with Gasteiger partial charge in [0.15, 0.2) is 0 Å². The Hall–Kier alpha value is -1.43. The molecule has 0 unspecified atom stereocenters. The summed E-state index contributed by atoms with van der Waals surface area (Å²) in [6, 6.07) is 0. The number of carbonyl (C=O) groups is 1. The standard InChI is InChI=1S/C16H27N5O/c1-2-20-13-17-18-16(20)14-7-6-8-19(11-14)12-15(22)21-9-4-3-5-10-21/h13-14H,2-12H2,1H3/t14-/m1/s1. The van der Waals surface area contributed by atoms with Crippen molar-refractivity contribution < 1.29 is 4.79 Å². The van der Waals surface area contributed by atoms with E-state index in [1.165, 1.54) is 6.42 Å². The van der Waals surface area contributed by atoms with Gasteiger partial charge in [-0.15, -0.1) is 10.2 Å². The lowest BCUT2D eigenvalue weighted by molar-refractivity contribution is -0.133. The highest BCUT2D eigenvalue weighted by Crippen LogP contribution is 2.25. The largest absolute Gasteiger partial charge is 0.342 e. The summed E-state index contributed by atoms with van der Waals surface area (Å²) < 4.78 is 2.13. The maximum absolute atomic E-state index is 12.4. The van der Waals surface area contributed by atoms with Crippen LogP contribution in [0.15, 0.2) is 6.33 Å². The summed E-state index contributed by atoms with van der Waals surface area (Å²) in [4.78, 5) is 16.8. The number of hydrogen-bond acceptors (Lipinski definition) is 4. The Morgan fingerprint density at radius 3 is 2.82 bits per heavy atom. The highest BCUT2D eigenvalue weighted by atomic mass is 16.2. The average Bonchev–Trinajstić information content (AvgIpc) is 3.04. The van der Waals surface area contributed by atoms with Crippen LogP contribution in [0.2, 0.25) is 0 Å². The molecule has 0 bridgehead atoms. The second-order valence-electron chi connectivity index (χ2n) is 6.49. The van der Waals surface area contributed by atoms with E-state index >= 15 is 0 Å². The summed E-state index contributed by atoms with van der Waals surface area (Å²) in [6.45, 7) is 7.44. The molecule has 0 spiro atoms. The quantitative estimate of drug-likeness (QED) is 0.846. The average molecular weight is 305 g/mol. The zero-order valence-corrected chi connectivity index (χ0v) is 13.6. The van der Waals surface area contributed by atoms with Crippen molar-refractivity contribution in [1.82, 2.24) is 24.6 Å². The predicted octanol–water partition coefficient (Wildman–Crippen LogP) is 1.49. The van der Waals surface area contributed by atoms with Crippen molar-refractivity contribution in [2.75, 3.05) is 32.7 Å². The summed E-state index contributed by atoms with van der Waals surface area (Å²) in [7, 11) is 0. The Labute approximate surface area is 132 Å². The number of hydrogen-bond donors (Lipinski definition) is 0. The summed E-state index contributed by atoms with van der Waals surface area (Å²) in [5, 5.41) is 8.35. The van der Waals surface area contributed by atoms with Gasteiger partial charge in [0.1, 0.15) is 12.2 Å². The molecule has 0 radical (unpaired) electrons. The number of nitrogens with zero attached hydrogens (tertiary/aromatic N) is 5. The second kappa shape index (κ2) is 7.22. The van der Waals surface area contributed by atoms with E-state index in [0.29, 0.717) is 18.4 Å². The van der Waals surface area contributed by atoms with Gasteiger partial charge in [-0.05, 0) is 45.6 Å². The van der Waals surface area contributed by atoms with Crippen molar-refractivity contribution in [3.05, 3.63) is 12.2 Å². The van der Waals surface area contributed by atoms with Gasteiger partial charge in [-0.25, -0.2) is 0 Å². The van der Waals surface area contributed by atoms with E-state index in [4.69, 9.17) is 0 Å². The molecule has 2 fully saturated rings. The van der Waals surface area contributed by atoms with Crippen LogP contribution in [-0.4, -0.2) is 63.2 Å². The molecule has 122 valence electrons. The Kier molecular flexibility index (Phi) is 5.08. The summed E-state index contributed by atoms with van der Waals surface area (Å²) >= 11 is 0. The lowest BCUT2D eigenvalue weighted by Crippen LogP contribution is -2.45. The van der Waals surface area contributed by atoms with Gasteiger partial charge in [0.05, 0.1) is 6.54 Å². The molecule has 3 rings (SSSR count). The number of aromatic nitrogens is 3. The fraction of sp³-hybridized carbons (Fsp3) is 0.812. The van der Waals surface area contributed by atoms with Crippen LogP contribution in [0.4, 0.5) is 0 Å². The van der Waals surface area contributed by atoms with Crippen LogP contribution in [0.5, 0.6) is 0 Å². The highest BCUT2D eigenvalue weighted by Gasteiger charge is 2.27. The molecule has 6 heteroatoms. The van der Waals surface area contributed by atoms with E-state index in [1.807, 2.05) is 11.2 Å². The van der Waals surface area contributed by atoms with Crippen LogP contribution in [0.3, 0.4) is 0 Å². The molecule has 0 aromatic carbocycles. The van der Waals surface area contributed by atoms with Gasteiger partial charge < -0.3 is 9.47 Å². The SMILES string of the molecule is CCn1cnnc1[C@@H]1CCCN(CC(=O)N2CCCCC2)C1. The van der Waals surface area contributed by atoms with Crippen LogP contribution in [0, 0.1) is 0 Å². The van der Waals surface area contributed by atoms with Crippen molar-refractivity contribution >= 4 is 5.91 Å². The summed E-state index contributed by atoms with van der Waals surface area (Å²) in [5.41, 5.74) is 0. The molecule has 2 aliphatic heterocycles. The van der Waals surface area contributed by atoms with E-state index in [2.05, 4.69) is 26.6 Å². The van der Waals surface area contributed by atoms with Crippen molar-refractivity contribution in [3.8, 4) is 0 Å². The fourth-order valence-electron chi connectivity index (χ4n) is 3.67. The van der Waals surface area contributed by atoms with Crippen molar-refractivity contribution in [2.24, 2.45) is 0 Å². The minimum Gasteiger partial charge on any atom is -0.342 e. The molecule has 1 atom stereocenters. The fourth-order valence-corrected chi connectivity index (χ4v) is 3.67. The smallest absolute Gasteiger partial charge is 0.236 e. The molecule has 1 amide bonds. The summed E-state index contributed by atoms with van der Waals surface area (Å²) in [5.74, 6) is 1.79. The topological polar surface area (TPSA) is 54.3 Å². The Bertz CT molecular complexity index is 494. The second-order valence-corrected chi connectivity index (χ2v) is 6.49. The van der Waals surface area contributed by atoms with E-state index in [0.717, 1.165) is 64.2 Å². The Morgan fingerprint density at radius 1 is 1.23 bits per heavy atom. The lowest BCUT2D eigenvalue weighted by atomic mass is 9.97. The molecule has 1 aromatic rings. The molecule has 2 saturated heterocycles. The van der Waals surface area contributed by atoms with Crippen LogP contribution in [-0.2, 0) is 11.3 Å². The van der Waals surface area contributed by atoms with E-state index in [9.17, 15) is 4.79 Å². The monoisotopic (exact) mass is 305 g/mol. The number of piperidine rings is 2. The zero-order valence-electron chi connectivity index (χ0n) is 13.6. The molecular formula is C16H27N5O. The third kappa shape index (κ3) is 3.48. The number of likely N-dealkylation sites (tertiary alicyclic amines) is 2. The molecule has 22 heavy (non-hydrogen) atoms. The number of carbonyl (C=O) groups excluding carboxylic acids is 1. The molecule has 0 aliphatic carbocycles. The predicted molar refractivity (Wildman–Crippen MR) is 84.5 cm³/mol. The molecule has 0 saturated carbocycles. The van der Waals surface area contributed by atoms with Crippen molar-refractivity contribution in [3.63, 3.8) is 0 Å². The van der Waals surface area contributed by atoms with Gasteiger partial charge >= 0.3 is 0 Å². The van der Waals surface area contributed by atoms with E-state index < -0.39 is 0 Å². The van der Waals surface area contributed by atoms with Gasteiger partial charge in [0.2, 0.25) is 5.91 Å². The number of rotatable bonds is 4. The third-order valence-corrected chi connectivity index (χ3v) is 4.92. The first-order valence-electron chi connectivity index (χ1n) is 8.65. The van der Waals surface area contributed by atoms with Crippen LogP contribution >= 0.6 is 0 Å². The minimum absolute atomic E-state index is 0.303. The molecular weight excluding hydrogens is 278 g/mol. The van der Waals surface area contributed by atoms with Gasteiger partial charge in [0, 0.05) is 32.1 Å². The third-order valence-electron chi connectivity index (χ3n) is 4.92. The van der Waals surface area contributed by atoms with Gasteiger partial charge in [0.25, 0.3) is 0 Å². The minimum atomic E-state index is 0.303. The first-order chi connectivity index (χ1) is 10.8. The first-order valence-corrected chi connectivity index (χ1v) is 8.65. The molecule has 0 N–H and O–H groups in total. The van der Waals surface area contributed by atoms with Crippen LogP contribution < -0.4 is 0 Å². The van der Waals surface area contributed by atoms with Gasteiger partial charge in [-0.1, -0.05) is 0 Å². The molecule has 3 heterocycles. The maximum Gasteiger partial charge on any atom is 0.236 e.